The van der Waals surface area contributed by atoms with Gasteiger partial charge in [0.25, 0.3) is 11.5 Å². The molecule has 0 aliphatic rings. The van der Waals surface area contributed by atoms with E-state index < -0.39 is 11.5 Å². The molecule has 3 aromatic rings. The van der Waals surface area contributed by atoms with Gasteiger partial charge in [-0.3, -0.25) is 14.4 Å². The fourth-order valence-electron chi connectivity index (χ4n) is 2.54. The van der Waals surface area contributed by atoms with Crippen LogP contribution < -0.4 is 16.2 Å². The van der Waals surface area contributed by atoms with Crippen LogP contribution in [0.2, 0.25) is 0 Å². The van der Waals surface area contributed by atoms with E-state index in [-0.39, 0.29) is 34.9 Å². The molecule has 0 spiro atoms. The van der Waals surface area contributed by atoms with E-state index in [9.17, 15) is 14.4 Å². The minimum Gasteiger partial charge on any atom is -0.442 e. The summed E-state index contributed by atoms with van der Waals surface area (Å²) in [5.74, 6) is -0.713. The Morgan fingerprint density at radius 3 is 2.81 bits per heavy atom. The second kappa shape index (κ2) is 7.12. The molecule has 2 heterocycles. The molecule has 2 aromatic heterocycles. The molecule has 2 amide bonds. The number of nitrogens with zero attached hydrogens (tertiary/aromatic N) is 1. The number of aromatic amines is 1. The molecular weight excluding hydrogens is 404 g/mol. The van der Waals surface area contributed by atoms with Gasteiger partial charge < -0.3 is 20.0 Å². The average molecular weight is 419 g/mol. The van der Waals surface area contributed by atoms with E-state index in [1.807, 2.05) is 13.0 Å². The number of carbonyl (C=O) groups excluding carboxylic acids is 2. The monoisotopic (exact) mass is 418 g/mol. The van der Waals surface area contributed by atoms with E-state index in [1.165, 1.54) is 6.33 Å². The van der Waals surface area contributed by atoms with Crippen molar-refractivity contribution in [2.24, 2.45) is 0 Å². The van der Waals surface area contributed by atoms with Crippen molar-refractivity contribution >= 4 is 44.5 Å². The van der Waals surface area contributed by atoms with Gasteiger partial charge in [-0.15, -0.1) is 0 Å². The Hall–Kier alpha value is -2.94. The molecule has 0 saturated heterocycles. The van der Waals surface area contributed by atoms with E-state index in [0.717, 1.165) is 10.0 Å². The number of furan rings is 1. The molecule has 8 nitrogen and oxygen atoms in total. The van der Waals surface area contributed by atoms with Crippen molar-refractivity contribution < 1.29 is 14.0 Å². The van der Waals surface area contributed by atoms with Gasteiger partial charge in [-0.1, -0.05) is 15.9 Å². The number of benzene rings is 1. The Kier molecular flexibility index (Phi) is 4.90. The standard InChI is InChI=1S/C17H15BrN4O4/c1-8-5-10(18)3-4-11(8)22-12(23)6-19-15(24)13-9(2)26-17-14(13)16(25)20-7-21-17/h3-5,7H,6H2,1-2H3,(H,19,24)(H,22,23)(H,20,21,25). The Morgan fingerprint density at radius 2 is 2.08 bits per heavy atom. The first-order chi connectivity index (χ1) is 12.4. The van der Waals surface area contributed by atoms with Crippen molar-refractivity contribution in [1.82, 2.24) is 15.3 Å². The highest BCUT2D eigenvalue weighted by atomic mass is 79.9. The van der Waals surface area contributed by atoms with Gasteiger partial charge in [-0.25, -0.2) is 4.98 Å². The number of amides is 2. The number of carbonyl (C=O) groups is 2. The molecule has 0 radical (unpaired) electrons. The number of hydrogen-bond donors (Lipinski definition) is 3. The smallest absolute Gasteiger partial charge is 0.262 e. The molecule has 0 aliphatic heterocycles. The van der Waals surface area contributed by atoms with Crippen LogP contribution in [0.15, 0.2) is 38.2 Å². The van der Waals surface area contributed by atoms with E-state index in [2.05, 4.69) is 36.5 Å². The van der Waals surface area contributed by atoms with Crippen molar-refractivity contribution in [2.45, 2.75) is 13.8 Å². The van der Waals surface area contributed by atoms with Gasteiger partial charge in [0.15, 0.2) is 0 Å². The Morgan fingerprint density at radius 1 is 1.31 bits per heavy atom. The summed E-state index contributed by atoms with van der Waals surface area (Å²) in [6.07, 6.45) is 1.20. The van der Waals surface area contributed by atoms with E-state index in [4.69, 9.17) is 4.42 Å². The van der Waals surface area contributed by atoms with E-state index in [1.54, 1.807) is 19.1 Å². The molecule has 9 heteroatoms. The predicted molar refractivity (Wildman–Crippen MR) is 99.2 cm³/mol. The topological polar surface area (TPSA) is 117 Å². The zero-order valence-corrected chi connectivity index (χ0v) is 15.6. The first-order valence-electron chi connectivity index (χ1n) is 7.68. The van der Waals surface area contributed by atoms with Gasteiger partial charge in [0.2, 0.25) is 11.6 Å². The number of nitrogens with one attached hydrogen (secondary N) is 3. The molecule has 0 unspecified atom stereocenters. The zero-order chi connectivity index (χ0) is 18.8. The Balaban J connectivity index is 1.72. The molecule has 0 fully saturated rings. The van der Waals surface area contributed by atoms with Gasteiger partial charge in [0.05, 0.1) is 18.4 Å². The van der Waals surface area contributed by atoms with Crippen molar-refractivity contribution in [3.8, 4) is 0 Å². The third-order valence-electron chi connectivity index (χ3n) is 3.77. The number of H-pyrrole nitrogens is 1. The third-order valence-corrected chi connectivity index (χ3v) is 4.26. The van der Waals surface area contributed by atoms with Gasteiger partial charge in [0.1, 0.15) is 11.1 Å². The lowest BCUT2D eigenvalue weighted by molar-refractivity contribution is -0.115. The fourth-order valence-corrected chi connectivity index (χ4v) is 3.01. The van der Waals surface area contributed by atoms with Crippen molar-refractivity contribution in [3.05, 3.63) is 56.2 Å². The number of hydrogen-bond acceptors (Lipinski definition) is 5. The summed E-state index contributed by atoms with van der Waals surface area (Å²) < 4.78 is 6.24. The zero-order valence-electron chi connectivity index (χ0n) is 14.0. The molecule has 0 atom stereocenters. The van der Waals surface area contributed by atoms with Crippen molar-refractivity contribution in [3.63, 3.8) is 0 Å². The minimum absolute atomic E-state index is 0.0617. The largest absolute Gasteiger partial charge is 0.442 e. The summed E-state index contributed by atoms with van der Waals surface area (Å²) in [5, 5.41) is 5.28. The molecule has 3 rings (SSSR count). The lowest BCUT2D eigenvalue weighted by Gasteiger charge is -2.09. The number of aromatic nitrogens is 2. The number of fused-ring (bicyclic) bond motifs is 1. The maximum Gasteiger partial charge on any atom is 0.262 e. The van der Waals surface area contributed by atoms with Crippen LogP contribution in [0.3, 0.4) is 0 Å². The van der Waals surface area contributed by atoms with Crippen molar-refractivity contribution in [1.29, 1.82) is 0 Å². The van der Waals surface area contributed by atoms with Crippen LogP contribution in [0.4, 0.5) is 5.69 Å². The summed E-state index contributed by atoms with van der Waals surface area (Å²) in [5.41, 5.74) is 1.20. The van der Waals surface area contributed by atoms with Crippen molar-refractivity contribution in [2.75, 3.05) is 11.9 Å². The predicted octanol–water partition coefficient (Wildman–Crippen LogP) is 2.26. The number of aryl methyl sites for hydroxylation is 2. The maximum absolute atomic E-state index is 12.4. The quantitative estimate of drug-likeness (QED) is 0.600. The SMILES string of the molecule is Cc1cc(Br)ccc1NC(=O)CNC(=O)c1c(C)oc2nc[nH]c(=O)c12. The first-order valence-corrected chi connectivity index (χ1v) is 8.47. The van der Waals surface area contributed by atoms with Crippen LogP contribution in [0.1, 0.15) is 21.7 Å². The number of halogens is 1. The van der Waals surface area contributed by atoms with Crippen LogP contribution in [-0.2, 0) is 4.79 Å². The lowest BCUT2D eigenvalue weighted by atomic mass is 10.2. The molecule has 1 aromatic carbocycles. The third kappa shape index (κ3) is 3.52. The molecule has 0 saturated carbocycles. The molecule has 0 aliphatic carbocycles. The maximum atomic E-state index is 12.4. The highest BCUT2D eigenvalue weighted by Gasteiger charge is 2.22. The summed E-state index contributed by atoms with van der Waals surface area (Å²) in [7, 11) is 0. The van der Waals surface area contributed by atoms with Crippen LogP contribution in [0, 0.1) is 13.8 Å². The van der Waals surface area contributed by atoms with Crippen LogP contribution >= 0.6 is 15.9 Å². The van der Waals surface area contributed by atoms with Crippen LogP contribution in [0.5, 0.6) is 0 Å². The van der Waals surface area contributed by atoms with Gasteiger partial charge in [-0.05, 0) is 37.6 Å². The highest BCUT2D eigenvalue weighted by Crippen LogP contribution is 2.21. The second-order valence-corrected chi connectivity index (χ2v) is 6.55. The normalized spacial score (nSPS) is 10.7. The highest BCUT2D eigenvalue weighted by molar-refractivity contribution is 9.10. The van der Waals surface area contributed by atoms with Crippen LogP contribution in [0.25, 0.3) is 11.1 Å². The molecule has 0 bridgehead atoms. The summed E-state index contributed by atoms with van der Waals surface area (Å²) in [6.45, 7) is 3.17. The minimum atomic E-state index is -0.581. The van der Waals surface area contributed by atoms with Gasteiger partial charge >= 0.3 is 0 Å². The molecule has 26 heavy (non-hydrogen) atoms. The molecular formula is C17H15BrN4O4. The Bertz CT molecular complexity index is 1070. The summed E-state index contributed by atoms with van der Waals surface area (Å²) >= 11 is 3.35. The number of rotatable bonds is 4. The van der Waals surface area contributed by atoms with E-state index >= 15 is 0 Å². The summed E-state index contributed by atoms with van der Waals surface area (Å²) in [6, 6.07) is 5.44. The second-order valence-electron chi connectivity index (χ2n) is 5.64. The first kappa shape index (κ1) is 17.9. The molecule has 3 N–H and O–H groups in total. The number of anilines is 1. The molecule has 134 valence electrons. The summed E-state index contributed by atoms with van der Waals surface area (Å²) in [4.78, 5) is 42.8. The Labute approximate surface area is 156 Å². The van der Waals surface area contributed by atoms with Gasteiger partial charge in [-0.2, -0.15) is 0 Å². The fraction of sp³-hybridized carbons (Fsp3) is 0.176. The van der Waals surface area contributed by atoms with E-state index in [0.29, 0.717) is 5.69 Å². The lowest BCUT2D eigenvalue weighted by Crippen LogP contribution is -2.33. The van der Waals surface area contributed by atoms with Gasteiger partial charge in [0, 0.05) is 10.2 Å². The van der Waals surface area contributed by atoms with Crippen LogP contribution in [-0.4, -0.2) is 28.3 Å². The average Bonchev–Trinajstić information content (AvgIpc) is 2.92.